The van der Waals surface area contributed by atoms with E-state index in [0.717, 1.165) is 17.5 Å². The van der Waals surface area contributed by atoms with E-state index in [-0.39, 0.29) is 17.4 Å². The topological polar surface area (TPSA) is 89.3 Å². The Morgan fingerprint density at radius 1 is 1.18 bits per heavy atom. The van der Waals surface area contributed by atoms with E-state index in [0.29, 0.717) is 17.7 Å². The van der Waals surface area contributed by atoms with Crippen LogP contribution in [0.1, 0.15) is 23.2 Å². The molecule has 1 atom stereocenters. The Morgan fingerprint density at radius 2 is 1.86 bits per heavy atom. The SMILES string of the molecule is CSCC[C@H](NC(=O)CCSC(=O)c1ccccc1)C(N)=O. The fraction of sp³-hybridized carbons (Fsp3) is 0.400. The van der Waals surface area contributed by atoms with Crippen molar-refractivity contribution in [2.75, 3.05) is 17.8 Å². The molecule has 0 heterocycles. The summed E-state index contributed by atoms with van der Waals surface area (Å²) >= 11 is 2.68. The number of primary amides is 1. The van der Waals surface area contributed by atoms with Crippen molar-refractivity contribution in [3.05, 3.63) is 35.9 Å². The van der Waals surface area contributed by atoms with Crippen LogP contribution in [0.5, 0.6) is 0 Å². The first-order valence-corrected chi connectivity index (χ1v) is 9.22. The second-order valence-electron chi connectivity index (χ2n) is 4.56. The first kappa shape index (κ1) is 18.6. The molecule has 2 amide bonds. The summed E-state index contributed by atoms with van der Waals surface area (Å²) in [5.74, 6) is 0.316. The van der Waals surface area contributed by atoms with E-state index in [1.54, 1.807) is 36.0 Å². The molecule has 7 heteroatoms. The van der Waals surface area contributed by atoms with Crippen LogP contribution in [0.25, 0.3) is 0 Å². The zero-order valence-corrected chi connectivity index (χ0v) is 14.0. The maximum atomic E-state index is 11.9. The molecule has 0 aliphatic carbocycles. The second-order valence-corrected chi connectivity index (χ2v) is 6.61. The molecule has 0 spiro atoms. The largest absolute Gasteiger partial charge is 0.368 e. The maximum Gasteiger partial charge on any atom is 0.240 e. The van der Waals surface area contributed by atoms with Gasteiger partial charge < -0.3 is 11.1 Å². The van der Waals surface area contributed by atoms with Gasteiger partial charge in [-0.15, -0.1) is 0 Å². The first-order chi connectivity index (χ1) is 10.5. The number of rotatable bonds is 9. The number of thioether (sulfide) groups is 2. The monoisotopic (exact) mass is 340 g/mol. The van der Waals surface area contributed by atoms with Gasteiger partial charge in [-0.05, 0) is 18.4 Å². The highest BCUT2D eigenvalue weighted by atomic mass is 32.2. The molecule has 0 unspecified atom stereocenters. The molecule has 0 radical (unpaired) electrons. The van der Waals surface area contributed by atoms with Crippen LogP contribution in [0.15, 0.2) is 30.3 Å². The molecular weight excluding hydrogens is 320 g/mol. The van der Waals surface area contributed by atoms with Crippen molar-refractivity contribution in [2.45, 2.75) is 18.9 Å². The second kappa shape index (κ2) is 10.3. The van der Waals surface area contributed by atoms with Crippen LogP contribution >= 0.6 is 23.5 Å². The molecule has 0 saturated heterocycles. The van der Waals surface area contributed by atoms with Crippen LogP contribution in [-0.4, -0.2) is 40.7 Å². The molecule has 0 aliphatic heterocycles. The van der Waals surface area contributed by atoms with Crippen molar-refractivity contribution < 1.29 is 14.4 Å². The standard InChI is InChI=1S/C15H20N2O3S2/c1-21-9-7-12(14(16)19)17-13(18)8-10-22-15(20)11-5-3-2-4-6-11/h2-6,12H,7-10H2,1H3,(H2,16,19)(H,17,18)/t12-/m0/s1. The zero-order chi connectivity index (χ0) is 16.4. The highest BCUT2D eigenvalue weighted by Gasteiger charge is 2.17. The smallest absolute Gasteiger partial charge is 0.240 e. The Balaban J connectivity index is 2.33. The van der Waals surface area contributed by atoms with Gasteiger partial charge in [0.15, 0.2) is 0 Å². The third kappa shape index (κ3) is 7.00. The molecule has 1 aromatic carbocycles. The van der Waals surface area contributed by atoms with E-state index in [4.69, 9.17) is 5.73 Å². The molecule has 0 aromatic heterocycles. The summed E-state index contributed by atoms with van der Waals surface area (Å²) in [4.78, 5) is 34.9. The lowest BCUT2D eigenvalue weighted by Crippen LogP contribution is -2.44. The Kier molecular flexibility index (Phi) is 8.69. The van der Waals surface area contributed by atoms with Gasteiger partial charge in [0, 0.05) is 17.7 Å². The summed E-state index contributed by atoms with van der Waals surface area (Å²) < 4.78 is 0. The molecule has 5 nitrogen and oxygen atoms in total. The van der Waals surface area contributed by atoms with Crippen LogP contribution in [0.4, 0.5) is 0 Å². The van der Waals surface area contributed by atoms with E-state index < -0.39 is 11.9 Å². The van der Waals surface area contributed by atoms with Gasteiger partial charge in [-0.25, -0.2) is 0 Å². The predicted molar refractivity (Wildman–Crippen MR) is 92.0 cm³/mol. The van der Waals surface area contributed by atoms with E-state index in [9.17, 15) is 14.4 Å². The van der Waals surface area contributed by atoms with Gasteiger partial charge >= 0.3 is 0 Å². The number of amides is 2. The van der Waals surface area contributed by atoms with E-state index in [2.05, 4.69) is 5.32 Å². The third-order valence-corrected chi connectivity index (χ3v) is 4.41. The Hall–Kier alpha value is -1.47. The van der Waals surface area contributed by atoms with Crippen molar-refractivity contribution in [3.8, 4) is 0 Å². The summed E-state index contributed by atoms with van der Waals surface area (Å²) in [6, 6.07) is 8.26. The quantitative estimate of drug-likeness (QED) is 0.714. The molecule has 0 bridgehead atoms. The van der Waals surface area contributed by atoms with E-state index in [1.807, 2.05) is 12.3 Å². The lowest BCUT2D eigenvalue weighted by molar-refractivity contribution is -0.127. The number of carbonyl (C=O) groups is 3. The van der Waals surface area contributed by atoms with Gasteiger partial charge in [-0.2, -0.15) is 11.8 Å². The molecular formula is C15H20N2O3S2. The molecule has 120 valence electrons. The average molecular weight is 340 g/mol. The van der Waals surface area contributed by atoms with Gasteiger partial charge in [0.05, 0.1) is 0 Å². The van der Waals surface area contributed by atoms with Gasteiger partial charge in [-0.1, -0.05) is 42.1 Å². The number of benzene rings is 1. The average Bonchev–Trinajstić information content (AvgIpc) is 2.51. The number of nitrogens with two attached hydrogens (primary N) is 1. The Bertz CT molecular complexity index is 509. The molecule has 0 saturated carbocycles. The van der Waals surface area contributed by atoms with Crippen molar-refractivity contribution >= 4 is 40.5 Å². The summed E-state index contributed by atoms with van der Waals surface area (Å²) in [6.45, 7) is 0. The molecule has 0 fully saturated rings. The fourth-order valence-electron chi connectivity index (χ4n) is 1.68. The minimum Gasteiger partial charge on any atom is -0.368 e. The maximum absolute atomic E-state index is 11.9. The van der Waals surface area contributed by atoms with E-state index in [1.165, 1.54) is 0 Å². The Labute approximate surface area is 138 Å². The van der Waals surface area contributed by atoms with E-state index >= 15 is 0 Å². The normalized spacial score (nSPS) is 11.7. The molecule has 1 rings (SSSR count). The minimum atomic E-state index is -0.644. The van der Waals surface area contributed by atoms with Crippen LogP contribution < -0.4 is 11.1 Å². The minimum absolute atomic E-state index is 0.0674. The predicted octanol–water partition coefficient (Wildman–Crippen LogP) is 1.67. The highest BCUT2D eigenvalue weighted by Crippen LogP contribution is 2.13. The lowest BCUT2D eigenvalue weighted by atomic mass is 10.2. The summed E-state index contributed by atoms with van der Waals surface area (Å²) in [5.41, 5.74) is 5.87. The van der Waals surface area contributed by atoms with Crippen LogP contribution in [0, 0.1) is 0 Å². The number of hydrogen-bond donors (Lipinski definition) is 2. The van der Waals surface area contributed by atoms with Crippen molar-refractivity contribution in [2.24, 2.45) is 5.73 Å². The van der Waals surface area contributed by atoms with Gasteiger partial charge in [0.25, 0.3) is 0 Å². The number of carbonyl (C=O) groups excluding carboxylic acids is 3. The van der Waals surface area contributed by atoms with Crippen LogP contribution in [0.3, 0.4) is 0 Å². The van der Waals surface area contributed by atoms with Crippen LogP contribution in [-0.2, 0) is 9.59 Å². The number of hydrogen-bond acceptors (Lipinski definition) is 5. The molecule has 0 aliphatic rings. The van der Waals surface area contributed by atoms with Crippen LogP contribution in [0.2, 0.25) is 0 Å². The molecule has 1 aromatic rings. The first-order valence-electron chi connectivity index (χ1n) is 6.84. The van der Waals surface area contributed by atoms with Crippen molar-refractivity contribution in [1.82, 2.24) is 5.32 Å². The number of nitrogens with one attached hydrogen (secondary N) is 1. The molecule has 3 N–H and O–H groups in total. The summed E-state index contributed by atoms with van der Waals surface area (Å²) in [6.07, 6.45) is 2.61. The summed E-state index contributed by atoms with van der Waals surface area (Å²) in [5, 5.41) is 2.55. The fourth-order valence-corrected chi connectivity index (χ4v) is 2.93. The zero-order valence-electron chi connectivity index (χ0n) is 12.4. The van der Waals surface area contributed by atoms with Gasteiger partial charge in [0.2, 0.25) is 16.9 Å². The third-order valence-electron chi connectivity index (χ3n) is 2.86. The van der Waals surface area contributed by atoms with Gasteiger partial charge in [0.1, 0.15) is 6.04 Å². The van der Waals surface area contributed by atoms with Crippen molar-refractivity contribution in [3.63, 3.8) is 0 Å². The highest BCUT2D eigenvalue weighted by molar-refractivity contribution is 8.14. The Morgan fingerprint density at radius 3 is 2.45 bits per heavy atom. The van der Waals surface area contributed by atoms with Crippen molar-refractivity contribution in [1.29, 1.82) is 0 Å². The summed E-state index contributed by atoms with van der Waals surface area (Å²) in [7, 11) is 0. The molecule has 22 heavy (non-hydrogen) atoms. The lowest BCUT2D eigenvalue weighted by Gasteiger charge is -2.14. The van der Waals surface area contributed by atoms with Gasteiger partial charge in [-0.3, -0.25) is 14.4 Å².